The van der Waals surface area contributed by atoms with E-state index in [1.165, 1.54) is 12.1 Å². The summed E-state index contributed by atoms with van der Waals surface area (Å²) in [5, 5.41) is 10.5. The van der Waals surface area contributed by atoms with Crippen molar-refractivity contribution < 1.29 is 9.31 Å². The lowest BCUT2D eigenvalue weighted by molar-refractivity contribution is -0.384. The van der Waals surface area contributed by atoms with E-state index in [0.717, 1.165) is 32.0 Å². The van der Waals surface area contributed by atoms with Crippen LogP contribution in [0.5, 0.6) is 0 Å². The summed E-state index contributed by atoms with van der Waals surface area (Å²) in [5.74, 6) is -0.387. The predicted octanol–water partition coefficient (Wildman–Crippen LogP) is 2.33. The van der Waals surface area contributed by atoms with Gasteiger partial charge in [0.15, 0.2) is 0 Å². The highest BCUT2D eigenvalue weighted by molar-refractivity contribution is 5.54. The number of nitro benzene ring substituents is 1. The second-order valence-corrected chi connectivity index (χ2v) is 3.59. The molecule has 0 radical (unpaired) electrons. The molecule has 15 heavy (non-hydrogen) atoms. The maximum absolute atomic E-state index is 13.4. The summed E-state index contributed by atoms with van der Waals surface area (Å²) in [5.41, 5.74) is 0.292. The Hall–Kier alpha value is -1.65. The Labute approximate surface area is 86.5 Å². The molecule has 1 aromatic carbocycles. The molecular weight excluding hydrogens is 199 g/mol. The minimum absolute atomic E-state index is 0.0571. The van der Waals surface area contributed by atoms with Crippen LogP contribution in [0.4, 0.5) is 15.8 Å². The normalized spacial score (nSPS) is 15.7. The summed E-state index contributed by atoms with van der Waals surface area (Å²) in [4.78, 5) is 11.9. The molecule has 0 N–H and O–H groups in total. The molecule has 2 rings (SSSR count). The van der Waals surface area contributed by atoms with Gasteiger partial charge < -0.3 is 4.90 Å². The Morgan fingerprint density at radius 2 is 2.00 bits per heavy atom. The quantitative estimate of drug-likeness (QED) is 0.556. The van der Waals surface area contributed by atoms with Crippen LogP contribution < -0.4 is 4.90 Å². The molecule has 1 aromatic rings. The number of rotatable bonds is 2. The first kappa shape index (κ1) is 9.89. The van der Waals surface area contributed by atoms with E-state index in [-0.39, 0.29) is 11.5 Å². The van der Waals surface area contributed by atoms with Crippen molar-refractivity contribution in [2.75, 3.05) is 18.0 Å². The van der Waals surface area contributed by atoms with E-state index in [1.807, 2.05) is 4.90 Å². The van der Waals surface area contributed by atoms with Gasteiger partial charge >= 0.3 is 0 Å². The number of nitrogens with zero attached hydrogens (tertiary/aromatic N) is 2. The van der Waals surface area contributed by atoms with Gasteiger partial charge in [-0.3, -0.25) is 10.1 Å². The van der Waals surface area contributed by atoms with Crippen molar-refractivity contribution in [2.24, 2.45) is 0 Å². The molecule has 1 saturated heterocycles. The van der Waals surface area contributed by atoms with E-state index in [1.54, 1.807) is 0 Å². The van der Waals surface area contributed by atoms with Gasteiger partial charge in [0.25, 0.3) is 5.69 Å². The number of halogens is 1. The Morgan fingerprint density at radius 1 is 1.33 bits per heavy atom. The minimum atomic E-state index is -0.501. The van der Waals surface area contributed by atoms with Gasteiger partial charge in [-0.25, -0.2) is 4.39 Å². The Balaban J connectivity index is 2.35. The smallest absolute Gasteiger partial charge is 0.271 e. The lowest BCUT2D eigenvalue weighted by atomic mass is 10.2. The van der Waals surface area contributed by atoms with Crippen molar-refractivity contribution in [2.45, 2.75) is 12.8 Å². The maximum atomic E-state index is 13.4. The molecule has 0 amide bonds. The summed E-state index contributed by atoms with van der Waals surface area (Å²) >= 11 is 0. The van der Waals surface area contributed by atoms with Crippen molar-refractivity contribution >= 4 is 11.4 Å². The highest BCUT2D eigenvalue weighted by Gasteiger charge is 2.18. The van der Waals surface area contributed by atoms with Crippen molar-refractivity contribution in [3.8, 4) is 0 Å². The number of hydrogen-bond acceptors (Lipinski definition) is 3. The summed E-state index contributed by atoms with van der Waals surface area (Å²) in [6.45, 7) is 1.55. The zero-order chi connectivity index (χ0) is 10.8. The molecule has 0 spiro atoms. The molecule has 4 nitrogen and oxygen atoms in total. The molecular formula is C10H11FN2O2. The molecule has 1 fully saturated rings. The third-order valence-corrected chi connectivity index (χ3v) is 2.59. The molecule has 1 aliphatic rings. The Kier molecular flexibility index (Phi) is 2.53. The Morgan fingerprint density at radius 3 is 2.60 bits per heavy atom. The molecule has 1 aliphatic heterocycles. The molecule has 0 aliphatic carbocycles. The fourth-order valence-electron chi connectivity index (χ4n) is 1.81. The van der Waals surface area contributed by atoms with E-state index in [9.17, 15) is 14.5 Å². The topological polar surface area (TPSA) is 46.4 Å². The summed E-state index contributed by atoms with van der Waals surface area (Å²) in [6, 6.07) is 3.65. The van der Waals surface area contributed by atoms with Crippen molar-refractivity contribution in [3.05, 3.63) is 34.1 Å². The average Bonchev–Trinajstić information content (AvgIpc) is 2.71. The fraction of sp³-hybridized carbons (Fsp3) is 0.400. The fourth-order valence-corrected chi connectivity index (χ4v) is 1.81. The van der Waals surface area contributed by atoms with E-state index < -0.39 is 4.92 Å². The van der Waals surface area contributed by atoms with Crippen LogP contribution in [0.1, 0.15) is 12.8 Å². The second-order valence-electron chi connectivity index (χ2n) is 3.59. The lowest BCUT2D eigenvalue weighted by Crippen LogP contribution is -2.19. The highest BCUT2D eigenvalue weighted by atomic mass is 19.1. The third kappa shape index (κ3) is 1.91. The molecule has 1 heterocycles. The van der Waals surface area contributed by atoms with E-state index in [0.29, 0.717) is 5.69 Å². The number of non-ortho nitro benzene ring substituents is 1. The summed E-state index contributed by atoms with van der Waals surface area (Å²) in [6.07, 6.45) is 2.03. The van der Waals surface area contributed by atoms with Gasteiger partial charge in [0.2, 0.25) is 0 Å². The van der Waals surface area contributed by atoms with Crippen LogP contribution >= 0.6 is 0 Å². The molecule has 5 heteroatoms. The zero-order valence-electron chi connectivity index (χ0n) is 8.15. The van der Waals surface area contributed by atoms with Gasteiger partial charge in [0.05, 0.1) is 10.6 Å². The lowest BCUT2D eigenvalue weighted by Gasteiger charge is -2.17. The maximum Gasteiger partial charge on any atom is 0.271 e. The van der Waals surface area contributed by atoms with Crippen molar-refractivity contribution in [1.82, 2.24) is 0 Å². The van der Waals surface area contributed by atoms with Crippen LogP contribution in [0.3, 0.4) is 0 Å². The van der Waals surface area contributed by atoms with Crippen molar-refractivity contribution in [1.29, 1.82) is 0 Å². The largest absolute Gasteiger partial charge is 0.369 e. The standard InChI is InChI=1S/C10H11FN2O2/c11-9-4-3-8(13(14)15)7-10(9)12-5-1-2-6-12/h3-4,7H,1-2,5-6H2. The average molecular weight is 210 g/mol. The molecule has 0 bridgehead atoms. The monoisotopic (exact) mass is 210 g/mol. The third-order valence-electron chi connectivity index (χ3n) is 2.59. The number of nitro groups is 1. The highest BCUT2D eigenvalue weighted by Crippen LogP contribution is 2.27. The van der Waals surface area contributed by atoms with Crippen LogP contribution in [0.15, 0.2) is 18.2 Å². The van der Waals surface area contributed by atoms with Crippen molar-refractivity contribution in [3.63, 3.8) is 0 Å². The van der Waals surface area contributed by atoms with E-state index in [4.69, 9.17) is 0 Å². The van der Waals surface area contributed by atoms with Crippen LogP contribution in [0.2, 0.25) is 0 Å². The molecule has 0 atom stereocenters. The Bertz CT molecular complexity index is 389. The van der Waals surface area contributed by atoms with Gasteiger partial charge in [0.1, 0.15) is 5.82 Å². The van der Waals surface area contributed by atoms with Gasteiger partial charge in [-0.05, 0) is 18.9 Å². The number of benzene rings is 1. The molecule has 0 aromatic heterocycles. The second kappa shape index (κ2) is 3.84. The summed E-state index contributed by atoms with van der Waals surface area (Å²) < 4.78 is 13.4. The SMILES string of the molecule is O=[N+]([O-])c1ccc(F)c(N2CCCC2)c1. The number of hydrogen-bond donors (Lipinski definition) is 0. The summed E-state index contributed by atoms with van der Waals surface area (Å²) in [7, 11) is 0. The predicted molar refractivity (Wildman–Crippen MR) is 54.5 cm³/mol. The van der Waals surface area contributed by atoms with Gasteiger partial charge in [-0.1, -0.05) is 0 Å². The van der Waals surface area contributed by atoms with Gasteiger partial charge in [-0.15, -0.1) is 0 Å². The van der Waals surface area contributed by atoms with Crippen LogP contribution in [0.25, 0.3) is 0 Å². The molecule has 0 unspecified atom stereocenters. The van der Waals surface area contributed by atoms with Crippen LogP contribution in [-0.2, 0) is 0 Å². The first-order valence-corrected chi connectivity index (χ1v) is 4.87. The number of anilines is 1. The zero-order valence-corrected chi connectivity index (χ0v) is 8.15. The van der Waals surface area contributed by atoms with Gasteiger partial charge in [0, 0.05) is 25.2 Å². The first-order chi connectivity index (χ1) is 7.18. The van der Waals surface area contributed by atoms with E-state index in [2.05, 4.69) is 0 Å². The van der Waals surface area contributed by atoms with Crippen LogP contribution in [0, 0.1) is 15.9 Å². The first-order valence-electron chi connectivity index (χ1n) is 4.87. The molecule has 80 valence electrons. The van der Waals surface area contributed by atoms with Crippen LogP contribution in [-0.4, -0.2) is 18.0 Å². The van der Waals surface area contributed by atoms with E-state index >= 15 is 0 Å². The minimum Gasteiger partial charge on any atom is -0.369 e. The molecule has 0 saturated carbocycles. The van der Waals surface area contributed by atoms with Gasteiger partial charge in [-0.2, -0.15) is 0 Å².